The Morgan fingerprint density at radius 1 is 1.42 bits per heavy atom. The molecule has 24 heavy (non-hydrogen) atoms. The molecule has 3 rings (SSSR count). The Bertz CT molecular complexity index is 660. The summed E-state index contributed by atoms with van der Waals surface area (Å²) < 4.78 is 25.1. The van der Waals surface area contributed by atoms with Crippen LogP contribution in [0.4, 0.5) is 4.39 Å². The number of carboxylic acids is 1. The predicted octanol–water partition coefficient (Wildman–Crippen LogP) is 2.12. The van der Waals surface area contributed by atoms with Gasteiger partial charge in [0.2, 0.25) is 5.67 Å². The monoisotopic (exact) mass is 337 g/mol. The summed E-state index contributed by atoms with van der Waals surface area (Å²) >= 11 is 0. The minimum atomic E-state index is -2.38. The van der Waals surface area contributed by atoms with Crippen LogP contribution in [-0.2, 0) is 4.79 Å². The van der Waals surface area contributed by atoms with Gasteiger partial charge in [-0.15, -0.1) is 0 Å². The Labute approximate surface area is 139 Å². The largest absolute Gasteiger partial charge is 0.497 e. The number of alkyl halides is 1. The van der Waals surface area contributed by atoms with Crippen molar-refractivity contribution in [1.82, 2.24) is 4.90 Å². The first-order valence-corrected chi connectivity index (χ1v) is 7.95. The highest BCUT2D eigenvalue weighted by Gasteiger charge is 2.47. The molecule has 0 aromatic heterocycles. The van der Waals surface area contributed by atoms with Crippen molar-refractivity contribution < 1.29 is 28.6 Å². The lowest BCUT2D eigenvalue weighted by atomic mass is 10.1. The highest BCUT2D eigenvalue weighted by molar-refractivity contribution is 5.98. The normalized spacial score (nSPS) is 23.2. The molecule has 130 valence electrons. The Morgan fingerprint density at radius 3 is 2.75 bits per heavy atom. The van der Waals surface area contributed by atoms with Crippen molar-refractivity contribution >= 4 is 11.9 Å². The third kappa shape index (κ3) is 3.29. The zero-order chi connectivity index (χ0) is 17.3. The van der Waals surface area contributed by atoms with E-state index in [0.717, 1.165) is 12.8 Å². The second-order valence-corrected chi connectivity index (χ2v) is 6.36. The van der Waals surface area contributed by atoms with Gasteiger partial charge in [-0.25, -0.2) is 9.18 Å². The third-order valence-electron chi connectivity index (χ3n) is 4.48. The van der Waals surface area contributed by atoms with Crippen LogP contribution in [0.5, 0.6) is 11.5 Å². The minimum absolute atomic E-state index is 0.0652. The molecule has 1 saturated heterocycles. The number of hydrogen-bond donors (Lipinski definition) is 1. The lowest BCUT2D eigenvalue weighted by molar-refractivity contribution is -0.149. The van der Waals surface area contributed by atoms with Crippen LogP contribution >= 0.6 is 0 Å². The number of carboxylic acid groups (broad SMARTS) is 1. The standard InChI is InChI=1S/C17H20FNO5/c1-23-12-4-5-13(14(8-12)24-9-11-2-3-11)15(20)19-7-6-17(18,10-19)16(21)22/h4-5,8,11H,2-3,6-7,9-10H2,1H3,(H,21,22). The van der Waals surface area contributed by atoms with E-state index in [0.29, 0.717) is 29.6 Å². The fraction of sp³-hybridized carbons (Fsp3) is 0.529. The van der Waals surface area contributed by atoms with Gasteiger partial charge >= 0.3 is 5.97 Å². The Kier molecular flexibility index (Phi) is 4.34. The van der Waals surface area contributed by atoms with Crippen molar-refractivity contribution in [2.24, 2.45) is 5.92 Å². The molecule has 1 aliphatic heterocycles. The molecule has 7 heteroatoms. The average Bonchev–Trinajstić information content (AvgIpc) is 3.32. The summed E-state index contributed by atoms with van der Waals surface area (Å²) in [4.78, 5) is 24.9. The van der Waals surface area contributed by atoms with Crippen LogP contribution in [0.25, 0.3) is 0 Å². The van der Waals surface area contributed by atoms with Gasteiger partial charge in [0.15, 0.2) is 0 Å². The summed E-state index contributed by atoms with van der Waals surface area (Å²) in [5.41, 5.74) is -2.08. The van der Waals surface area contributed by atoms with E-state index < -0.39 is 24.1 Å². The quantitative estimate of drug-likeness (QED) is 0.860. The van der Waals surface area contributed by atoms with Gasteiger partial charge in [-0.3, -0.25) is 4.79 Å². The maximum atomic E-state index is 14.2. The highest BCUT2D eigenvalue weighted by atomic mass is 19.1. The lowest BCUT2D eigenvalue weighted by Gasteiger charge is -2.20. The lowest BCUT2D eigenvalue weighted by Crippen LogP contribution is -2.39. The van der Waals surface area contributed by atoms with E-state index in [2.05, 4.69) is 0 Å². The number of ether oxygens (including phenoxy) is 2. The van der Waals surface area contributed by atoms with E-state index in [1.54, 1.807) is 18.2 Å². The van der Waals surface area contributed by atoms with E-state index in [4.69, 9.17) is 14.6 Å². The first kappa shape index (κ1) is 16.5. The summed E-state index contributed by atoms with van der Waals surface area (Å²) in [6.45, 7) is 0.139. The van der Waals surface area contributed by atoms with Gasteiger partial charge in [-0.2, -0.15) is 0 Å². The molecule has 1 saturated carbocycles. The molecule has 2 aliphatic rings. The number of halogens is 1. The summed E-state index contributed by atoms with van der Waals surface area (Å²) in [7, 11) is 1.52. The Morgan fingerprint density at radius 2 is 2.17 bits per heavy atom. The van der Waals surface area contributed by atoms with E-state index >= 15 is 0 Å². The van der Waals surface area contributed by atoms with Crippen molar-refractivity contribution in [3.05, 3.63) is 23.8 Å². The van der Waals surface area contributed by atoms with E-state index in [9.17, 15) is 14.0 Å². The van der Waals surface area contributed by atoms with Gasteiger partial charge in [0.1, 0.15) is 11.5 Å². The van der Waals surface area contributed by atoms with Gasteiger partial charge in [-0.1, -0.05) is 0 Å². The summed E-state index contributed by atoms with van der Waals surface area (Å²) in [5, 5.41) is 8.96. The number of nitrogens with zero attached hydrogens (tertiary/aromatic N) is 1. The van der Waals surface area contributed by atoms with Crippen molar-refractivity contribution in [3.63, 3.8) is 0 Å². The fourth-order valence-corrected chi connectivity index (χ4v) is 2.71. The zero-order valence-corrected chi connectivity index (χ0v) is 13.5. The molecule has 0 radical (unpaired) electrons. The molecule has 1 unspecified atom stereocenters. The maximum absolute atomic E-state index is 14.2. The van der Waals surface area contributed by atoms with E-state index in [1.807, 2.05) is 0 Å². The molecule has 2 fully saturated rings. The van der Waals surface area contributed by atoms with Crippen LogP contribution < -0.4 is 9.47 Å². The molecular weight excluding hydrogens is 317 g/mol. The van der Waals surface area contributed by atoms with Crippen LogP contribution in [0.3, 0.4) is 0 Å². The molecule has 1 heterocycles. The molecule has 1 aliphatic carbocycles. The van der Waals surface area contributed by atoms with Gasteiger partial charge in [0, 0.05) is 19.0 Å². The predicted molar refractivity (Wildman–Crippen MR) is 83.2 cm³/mol. The second kappa shape index (κ2) is 6.30. The molecule has 1 aromatic rings. The number of carbonyl (C=O) groups is 2. The number of hydrogen-bond acceptors (Lipinski definition) is 4. The molecular formula is C17H20FNO5. The molecule has 1 N–H and O–H groups in total. The summed E-state index contributed by atoms with van der Waals surface area (Å²) in [6.07, 6.45) is 2.02. The van der Waals surface area contributed by atoms with Crippen molar-refractivity contribution in [2.45, 2.75) is 24.9 Å². The number of carbonyl (C=O) groups excluding carboxylic acids is 1. The SMILES string of the molecule is COc1ccc(C(=O)N2CCC(F)(C(=O)O)C2)c(OCC2CC2)c1. The first-order valence-electron chi connectivity index (χ1n) is 7.95. The van der Waals surface area contributed by atoms with Crippen molar-refractivity contribution in [2.75, 3.05) is 26.8 Å². The van der Waals surface area contributed by atoms with Gasteiger partial charge in [0.05, 0.1) is 25.8 Å². The van der Waals surface area contributed by atoms with Gasteiger partial charge < -0.3 is 19.5 Å². The Balaban J connectivity index is 1.79. The average molecular weight is 337 g/mol. The van der Waals surface area contributed by atoms with E-state index in [-0.39, 0.29) is 13.0 Å². The fourth-order valence-electron chi connectivity index (χ4n) is 2.71. The molecule has 6 nitrogen and oxygen atoms in total. The molecule has 0 spiro atoms. The number of methoxy groups -OCH3 is 1. The smallest absolute Gasteiger partial charge is 0.343 e. The van der Waals surface area contributed by atoms with Crippen LogP contribution in [0.2, 0.25) is 0 Å². The minimum Gasteiger partial charge on any atom is -0.497 e. The van der Waals surface area contributed by atoms with Crippen LogP contribution in [0.1, 0.15) is 29.6 Å². The maximum Gasteiger partial charge on any atom is 0.343 e. The van der Waals surface area contributed by atoms with Crippen LogP contribution in [0.15, 0.2) is 18.2 Å². The number of rotatable bonds is 6. The zero-order valence-electron chi connectivity index (χ0n) is 13.5. The molecule has 0 bridgehead atoms. The van der Waals surface area contributed by atoms with Crippen LogP contribution in [0, 0.1) is 5.92 Å². The number of benzene rings is 1. The third-order valence-corrected chi connectivity index (χ3v) is 4.48. The number of likely N-dealkylation sites (tertiary alicyclic amines) is 1. The summed E-state index contributed by atoms with van der Waals surface area (Å²) in [6, 6.07) is 4.83. The second-order valence-electron chi connectivity index (χ2n) is 6.36. The van der Waals surface area contributed by atoms with Gasteiger partial charge in [0.25, 0.3) is 5.91 Å². The number of aliphatic carboxylic acids is 1. The molecule has 1 amide bonds. The van der Waals surface area contributed by atoms with Crippen molar-refractivity contribution in [3.8, 4) is 11.5 Å². The molecule has 1 aromatic carbocycles. The van der Waals surface area contributed by atoms with Crippen LogP contribution in [-0.4, -0.2) is 54.4 Å². The van der Waals surface area contributed by atoms with E-state index in [1.165, 1.54) is 12.0 Å². The number of amides is 1. The first-order chi connectivity index (χ1) is 11.4. The highest BCUT2D eigenvalue weighted by Crippen LogP contribution is 2.33. The summed E-state index contributed by atoms with van der Waals surface area (Å²) in [5.74, 6) is -0.500. The topological polar surface area (TPSA) is 76.1 Å². The van der Waals surface area contributed by atoms with Crippen molar-refractivity contribution in [1.29, 1.82) is 0 Å². The Hall–Kier alpha value is -2.31. The van der Waals surface area contributed by atoms with Gasteiger partial charge in [-0.05, 0) is 30.9 Å². The molecule has 1 atom stereocenters.